The molecule has 0 bridgehead atoms. The summed E-state index contributed by atoms with van der Waals surface area (Å²) in [4.78, 5) is 37.6. The Morgan fingerprint density at radius 3 is 2.11 bits per heavy atom. The lowest BCUT2D eigenvalue weighted by Crippen LogP contribution is -2.13. The van der Waals surface area contributed by atoms with Gasteiger partial charge >= 0.3 is 11.9 Å². The molecule has 0 fully saturated rings. The second-order valence-electron chi connectivity index (χ2n) is 9.31. The molecule has 0 amide bonds. The lowest BCUT2D eigenvalue weighted by molar-refractivity contribution is -0.134. The number of nitrogens with zero attached hydrogens (tertiary/aromatic N) is 6. The van der Waals surface area contributed by atoms with Crippen LogP contribution in [-0.2, 0) is 20.8 Å². The SMILES string of the molecule is CC(=O)c1ccon1.CCOC(=O)C1=NCC(c2ccon2)=C1.CCOC(=O)c1cc(-c2ccon2)n(Cc2cccc(F)c2F)n1. The molecule has 0 N–H and O–H groups in total. The number of hydrogen-bond donors (Lipinski definition) is 0. The monoisotopic (exact) mass is 650 g/mol. The summed E-state index contributed by atoms with van der Waals surface area (Å²) in [5.41, 5.74) is 3.28. The van der Waals surface area contributed by atoms with Crippen molar-refractivity contribution in [2.45, 2.75) is 27.3 Å². The van der Waals surface area contributed by atoms with Gasteiger partial charge < -0.3 is 23.0 Å². The largest absolute Gasteiger partial charge is 0.461 e. The molecule has 0 aliphatic carbocycles. The quantitative estimate of drug-likeness (QED) is 0.154. The molecule has 0 unspecified atom stereocenters. The third kappa shape index (κ3) is 9.00. The topological polar surface area (TPSA) is 178 Å². The van der Waals surface area contributed by atoms with Crippen molar-refractivity contribution in [3.63, 3.8) is 0 Å². The Kier molecular flexibility index (Phi) is 11.7. The van der Waals surface area contributed by atoms with Crippen LogP contribution in [0.3, 0.4) is 0 Å². The van der Waals surface area contributed by atoms with Crippen LogP contribution in [0.25, 0.3) is 17.0 Å². The molecule has 47 heavy (non-hydrogen) atoms. The van der Waals surface area contributed by atoms with Crippen LogP contribution in [0.15, 0.2) is 85.9 Å². The predicted octanol–water partition coefficient (Wildman–Crippen LogP) is 4.99. The third-order valence-electron chi connectivity index (χ3n) is 6.10. The van der Waals surface area contributed by atoms with Crippen molar-refractivity contribution in [2.24, 2.45) is 4.99 Å². The van der Waals surface area contributed by atoms with Gasteiger partial charge in [-0.1, -0.05) is 27.6 Å². The van der Waals surface area contributed by atoms with Crippen molar-refractivity contribution in [3.05, 3.63) is 102 Å². The first kappa shape index (κ1) is 33.8. The summed E-state index contributed by atoms with van der Waals surface area (Å²) >= 11 is 0. The van der Waals surface area contributed by atoms with Gasteiger partial charge in [0.15, 0.2) is 23.1 Å². The fourth-order valence-electron chi connectivity index (χ4n) is 3.91. The molecular formula is C31H28F2N6O8. The molecule has 1 aromatic carbocycles. The molecular weight excluding hydrogens is 622 g/mol. The van der Waals surface area contributed by atoms with Gasteiger partial charge in [0.05, 0.1) is 32.0 Å². The Hall–Kier alpha value is -6.06. The zero-order chi connectivity index (χ0) is 33.8. The fraction of sp³-hybridized carbons (Fsp3) is 0.226. The molecule has 4 aromatic heterocycles. The Bertz CT molecular complexity index is 1850. The normalized spacial score (nSPS) is 11.8. The van der Waals surface area contributed by atoms with Crippen LogP contribution in [0.4, 0.5) is 8.78 Å². The standard InChI is InChI=1S/C16H13F2N3O3.C10H10N2O3.C5H5NO2/c1-2-23-16(22)13-8-14(12-6-7-24-20-12)21(19-13)9-10-4-3-5-11(17)15(10)18;1-2-14-10(13)9-5-7(6-11-9)8-3-4-15-12-8;1-4(7)5-2-3-8-6-5/h3-8H,2,9H2,1H3;3-5H,2,6H2,1H3;2-3H,1H3. The lowest BCUT2D eigenvalue weighted by atomic mass is 10.2. The number of aromatic nitrogens is 5. The molecule has 0 saturated heterocycles. The number of aliphatic imine (C=N–C) groups is 1. The summed E-state index contributed by atoms with van der Waals surface area (Å²) in [7, 11) is 0. The minimum absolute atomic E-state index is 0.0478. The number of halogens is 2. The van der Waals surface area contributed by atoms with Crippen molar-refractivity contribution in [2.75, 3.05) is 19.8 Å². The average molecular weight is 651 g/mol. The predicted molar refractivity (Wildman–Crippen MR) is 159 cm³/mol. The molecule has 244 valence electrons. The molecule has 0 spiro atoms. The summed E-state index contributed by atoms with van der Waals surface area (Å²) in [6.07, 6.45) is 5.89. The van der Waals surface area contributed by atoms with E-state index in [0.717, 1.165) is 11.6 Å². The smallest absolute Gasteiger partial charge is 0.358 e. The Morgan fingerprint density at radius 2 is 1.51 bits per heavy atom. The van der Waals surface area contributed by atoms with Crippen molar-refractivity contribution in [1.29, 1.82) is 0 Å². The molecule has 14 nitrogen and oxygen atoms in total. The van der Waals surface area contributed by atoms with Gasteiger partial charge in [0, 0.05) is 42.3 Å². The van der Waals surface area contributed by atoms with E-state index in [1.807, 2.05) is 0 Å². The summed E-state index contributed by atoms with van der Waals surface area (Å²) < 4.78 is 52.3. The first-order chi connectivity index (χ1) is 22.7. The molecule has 6 rings (SSSR count). The van der Waals surface area contributed by atoms with E-state index in [2.05, 4.69) is 30.1 Å². The Morgan fingerprint density at radius 1 is 0.851 bits per heavy atom. The Balaban J connectivity index is 0.000000184. The third-order valence-corrected chi connectivity index (χ3v) is 6.10. The van der Waals surface area contributed by atoms with E-state index in [9.17, 15) is 23.2 Å². The molecule has 1 aliphatic heterocycles. The van der Waals surface area contributed by atoms with Gasteiger partial charge in [0.25, 0.3) is 0 Å². The molecule has 0 radical (unpaired) electrons. The van der Waals surface area contributed by atoms with E-state index in [1.54, 1.807) is 32.1 Å². The number of carbonyl (C=O) groups excluding carboxylic acids is 3. The number of benzene rings is 1. The van der Waals surface area contributed by atoms with E-state index >= 15 is 0 Å². The van der Waals surface area contributed by atoms with Crippen molar-refractivity contribution in [1.82, 2.24) is 25.3 Å². The van der Waals surface area contributed by atoms with E-state index in [-0.39, 0.29) is 30.2 Å². The van der Waals surface area contributed by atoms with Gasteiger partial charge in [0.1, 0.15) is 41.6 Å². The molecule has 1 aliphatic rings. The average Bonchev–Trinajstić information content (AvgIpc) is 3.90. The molecule has 5 aromatic rings. The first-order valence-corrected chi connectivity index (χ1v) is 14.0. The molecule has 5 heterocycles. The van der Waals surface area contributed by atoms with Gasteiger partial charge in [-0.25, -0.2) is 18.4 Å². The number of ether oxygens (including phenoxy) is 2. The second-order valence-corrected chi connectivity index (χ2v) is 9.31. The number of rotatable bonds is 9. The highest BCUT2D eigenvalue weighted by Gasteiger charge is 2.20. The van der Waals surface area contributed by atoms with Crippen molar-refractivity contribution >= 4 is 29.0 Å². The Labute approximate surface area is 265 Å². The highest BCUT2D eigenvalue weighted by molar-refractivity contribution is 6.43. The van der Waals surface area contributed by atoms with Crippen LogP contribution in [0.5, 0.6) is 0 Å². The van der Waals surface area contributed by atoms with E-state index in [0.29, 0.717) is 41.6 Å². The number of carbonyl (C=O) groups is 3. The van der Waals surface area contributed by atoms with Gasteiger partial charge in [0.2, 0.25) is 0 Å². The van der Waals surface area contributed by atoms with Crippen LogP contribution in [0, 0.1) is 11.6 Å². The molecule has 16 heteroatoms. The maximum atomic E-state index is 13.9. The van der Waals surface area contributed by atoms with Gasteiger partial charge in [-0.15, -0.1) is 0 Å². The van der Waals surface area contributed by atoms with Crippen LogP contribution in [-0.4, -0.2) is 68.4 Å². The number of esters is 2. The van der Waals surface area contributed by atoms with Crippen LogP contribution in [0.2, 0.25) is 0 Å². The highest BCUT2D eigenvalue weighted by Crippen LogP contribution is 2.22. The van der Waals surface area contributed by atoms with E-state index in [1.165, 1.54) is 54.7 Å². The van der Waals surface area contributed by atoms with Gasteiger partial charge in [-0.05, 0) is 26.0 Å². The first-order valence-electron chi connectivity index (χ1n) is 14.0. The van der Waals surface area contributed by atoms with Crippen molar-refractivity contribution in [3.8, 4) is 11.4 Å². The maximum absolute atomic E-state index is 13.9. The second kappa shape index (κ2) is 16.3. The van der Waals surface area contributed by atoms with E-state index < -0.39 is 23.6 Å². The maximum Gasteiger partial charge on any atom is 0.358 e. The van der Waals surface area contributed by atoms with E-state index in [4.69, 9.17) is 18.5 Å². The van der Waals surface area contributed by atoms with Crippen LogP contribution < -0.4 is 0 Å². The highest BCUT2D eigenvalue weighted by atomic mass is 19.2. The summed E-state index contributed by atoms with van der Waals surface area (Å²) in [6.45, 7) is 5.80. The lowest BCUT2D eigenvalue weighted by Gasteiger charge is -2.07. The zero-order valence-electron chi connectivity index (χ0n) is 25.4. The zero-order valence-corrected chi connectivity index (χ0v) is 25.4. The number of ketones is 1. The summed E-state index contributed by atoms with van der Waals surface area (Å²) in [5, 5.41) is 15.1. The number of hydrogen-bond acceptors (Lipinski definition) is 13. The summed E-state index contributed by atoms with van der Waals surface area (Å²) in [6, 6.07) is 10.2. The molecule has 0 atom stereocenters. The molecule has 0 saturated carbocycles. The minimum atomic E-state index is -0.961. The van der Waals surface area contributed by atoms with Crippen LogP contribution in [0.1, 0.15) is 53.0 Å². The van der Waals surface area contributed by atoms with Gasteiger partial charge in [-0.2, -0.15) is 5.10 Å². The van der Waals surface area contributed by atoms with Gasteiger partial charge in [-0.3, -0.25) is 14.5 Å². The minimum Gasteiger partial charge on any atom is -0.461 e. The van der Waals surface area contributed by atoms with Crippen LogP contribution >= 0.6 is 0 Å². The number of Topliss-reactive ketones (excluding diaryl/α,β-unsaturated/α-hetero) is 1. The summed E-state index contributed by atoms with van der Waals surface area (Å²) in [5.74, 6) is -2.99. The fourth-order valence-corrected chi connectivity index (χ4v) is 3.91. The van der Waals surface area contributed by atoms with Crippen molar-refractivity contribution < 1.29 is 46.2 Å².